The van der Waals surface area contributed by atoms with Gasteiger partial charge in [0.05, 0.1) is 6.61 Å². The minimum atomic E-state index is -2.80. The van der Waals surface area contributed by atoms with E-state index < -0.39 is 12.7 Å². The molecule has 0 aliphatic heterocycles. The molecule has 0 aromatic carbocycles. The Kier molecular flexibility index (Phi) is 11.3. The highest BCUT2D eigenvalue weighted by Gasteiger charge is 1.91. The fourth-order valence-corrected chi connectivity index (χ4v) is 0.400. The van der Waals surface area contributed by atoms with Gasteiger partial charge >= 0.3 is 5.97 Å². The molecule has 0 saturated carbocycles. The first-order valence-corrected chi connectivity index (χ1v) is 4.18. The van der Waals surface area contributed by atoms with Crippen molar-refractivity contribution in [2.45, 2.75) is 13.3 Å². The average Bonchev–Trinajstić information content (AvgIpc) is 2.16. The van der Waals surface area contributed by atoms with Gasteiger partial charge in [0.2, 0.25) is 0 Å². The second-order valence-corrected chi connectivity index (χ2v) is 2.50. The Morgan fingerprint density at radius 2 is 1.93 bits per heavy atom. The first-order valence-electron chi connectivity index (χ1n) is 4.18. The topological polar surface area (TPSA) is 46.6 Å². The third kappa shape index (κ3) is 19.1. The van der Waals surface area contributed by atoms with E-state index in [2.05, 4.69) is 4.74 Å². The van der Waals surface area contributed by atoms with Crippen LogP contribution >= 0.6 is 0 Å². The number of rotatable bonds is 4. The highest BCUT2D eigenvalue weighted by Crippen LogP contribution is 1.82. The fraction of sp³-hybridized carbons (Fsp3) is 0.556. The number of halogens is 2. The van der Waals surface area contributed by atoms with Crippen molar-refractivity contribution in [3.05, 3.63) is 12.3 Å². The van der Waals surface area contributed by atoms with Gasteiger partial charge < -0.3 is 9.64 Å². The van der Waals surface area contributed by atoms with Gasteiger partial charge in [-0.2, -0.15) is 0 Å². The van der Waals surface area contributed by atoms with Crippen molar-refractivity contribution in [2.24, 2.45) is 0 Å². The molecule has 0 radical (unpaired) electrons. The quantitative estimate of drug-likeness (QED) is 0.406. The van der Waals surface area contributed by atoms with Gasteiger partial charge in [-0.15, -0.1) is 0 Å². The van der Waals surface area contributed by atoms with E-state index >= 15 is 0 Å². The van der Waals surface area contributed by atoms with Crippen LogP contribution in [0, 0.1) is 0 Å². The van der Waals surface area contributed by atoms with Crippen LogP contribution in [-0.4, -0.2) is 44.3 Å². The second kappa shape index (κ2) is 10.6. The van der Waals surface area contributed by atoms with E-state index in [9.17, 15) is 13.6 Å². The molecule has 0 aromatic rings. The summed E-state index contributed by atoms with van der Waals surface area (Å²) in [4.78, 5) is 21.1. The lowest BCUT2D eigenvalue weighted by atomic mass is 10.6. The van der Waals surface area contributed by atoms with Crippen LogP contribution in [0.4, 0.5) is 8.78 Å². The highest BCUT2D eigenvalue weighted by molar-refractivity contribution is 5.81. The van der Waals surface area contributed by atoms with Crippen molar-refractivity contribution in [1.29, 1.82) is 0 Å². The smallest absolute Gasteiger partial charge is 0.332 e. The Hall–Kier alpha value is -1.46. The molecule has 88 valence electrons. The van der Waals surface area contributed by atoms with E-state index in [1.165, 1.54) is 6.08 Å². The van der Waals surface area contributed by atoms with Crippen molar-refractivity contribution >= 4 is 12.3 Å². The molecule has 15 heavy (non-hydrogen) atoms. The summed E-state index contributed by atoms with van der Waals surface area (Å²) in [6.07, 6.45) is -0.170. The molecule has 6 heteroatoms. The van der Waals surface area contributed by atoms with E-state index in [1.807, 2.05) is 14.1 Å². The number of hydrogen-bond acceptors (Lipinski definition) is 4. The Bertz CT molecular complexity index is 206. The number of hydrogen-bond donors (Lipinski definition) is 0. The van der Waals surface area contributed by atoms with E-state index in [-0.39, 0.29) is 5.97 Å². The number of esters is 1. The van der Waals surface area contributed by atoms with Crippen LogP contribution in [0.1, 0.15) is 6.92 Å². The normalized spacial score (nSPS) is 9.47. The van der Waals surface area contributed by atoms with E-state index in [1.54, 1.807) is 18.0 Å². The van der Waals surface area contributed by atoms with Gasteiger partial charge in [0.15, 0.2) is 6.29 Å². The largest absolute Gasteiger partial charge is 0.463 e. The zero-order valence-electron chi connectivity index (χ0n) is 8.94. The van der Waals surface area contributed by atoms with Gasteiger partial charge in [-0.1, -0.05) is 0 Å². The maximum atomic E-state index is 10.6. The molecule has 0 atom stereocenters. The van der Waals surface area contributed by atoms with Crippen molar-refractivity contribution in [3.63, 3.8) is 0 Å². The van der Waals surface area contributed by atoms with Gasteiger partial charge in [0, 0.05) is 26.4 Å². The molecule has 0 saturated heterocycles. The Morgan fingerprint density at radius 3 is 2.20 bits per heavy atom. The average molecular weight is 223 g/mol. The summed E-state index contributed by atoms with van der Waals surface area (Å²) in [5.74, 6) is -0.295. The van der Waals surface area contributed by atoms with E-state index in [4.69, 9.17) is 4.79 Å². The number of aldehydes is 1. The van der Waals surface area contributed by atoms with Gasteiger partial charge in [0.1, 0.15) is 0 Å². The van der Waals surface area contributed by atoms with Gasteiger partial charge in [-0.05, 0) is 6.92 Å². The molecule has 0 fully saturated rings. The summed E-state index contributed by atoms with van der Waals surface area (Å²) in [5.41, 5.74) is 0. The minimum Gasteiger partial charge on any atom is -0.463 e. The standard InChI is InChI=1S/C7H13NO2.C2H2F2O/c1-4-10-7(9)5-6-8(2)3;3-2(4)1-5/h5-6H,4H2,1-3H3;1-2H. The van der Waals surface area contributed by atoms with Crippen molar-refractivity contribution in [1.82, 2.24) is 4.90 Å². The van der Waals surface area contributed by atoms with Crippen LogP contribution in [0.25, 0.3) is 0 Å². The first-order chi connectivity index (χ1) is 6.93. The third-order valence-corrected chi connectivity index (χ3v) is 0.898. The lowest BCUT2D eigenvalue weighted by Gasteiger charge is -2.02. The summed E-state index contributed by atoms with van der Waals surface area (Å²) in [6.45, 7) is 2.21. The maximum absolute atomic E-state index is 10.6. The molecule has 0 aromatic heterocycles. The lowest BCUT2D eigenvalue weighted by molar-refractivity contribution is -0.137. The number of ether oxygens (including phenoxy) is 1. The minimum absolute atomic E-state index is 0.295. The molecule has 0 aliphatic carbocycles. The maximum Gasteiger partial charge on any atom is 0.332 e. The summed E-state index contributed by atoms with van der Waals surface area (Å²) >= 11 is 0. The summed E-state index contributed by atoms with van der Waals surface area (Å²) in [6, 6.07) is 0. The third-order valence-electron chi connectivity index (χ3n) is 0.898. The molecule has 0 heterocycles. The zero-order valence-corrected chi connectivity index (χ0v) is 8.94. The molecule has 0 rings (SSSR count). The van der Waals surface area contributed by atoms with Crippen LogP contribution in [0.5, 0.6) is 0 Å². The Balaban J connectivity index is 0. The lowest BCUT2D eigenvalue weighted by Crippen LogP contribution is -2.04. The van der Waals surface area contributed by atoms with Crippen LogP contribution in [0.3, 0.4) is 0 Å². The number of alkyl halides is 2. The predicted octanol–water partition coefficient (Wildman–Crippen LogP) is 1.08. The first kappa shape index (κ1) is 16.0. The number of carbonyl (C=O) groups is 2. The number of carbonyl (C=O) groups excluding carboxylic acids is 2. The zero-order chi connectivity index (χ0) is 12.3. The summed E-state index contributed by atoms with van der Waals surface area (Å²) in [7, 11) is 3.69. The van der Waals surface area contributed by atoms with Gasteiger partial charge in [-0.25, -0.2) is 13.6 Å². The molecule has 0 amide bonds. The van der Waals surface area contributed by atoms with Crippen LogP contribution < -0.4 is 0 Å². The van der Waals surface area contributed by atoms with Crippen molar-refractivity contribution in [2.75, 3.05) is 20.7 Å². The Labute approximate surface area is 87.5 Å². The van der Waals surface area contributed by atoms with Gasteiger partial charge in [0.25, 0.3) is 6.43 Å². The molecular formula is C9H15F2NO3. The summed E-state index contributed by atoms with van der Waals surface area (Å²) < 4.78 is 25.4. The molecular weight excluding hydrogens is 208 g/mol. The van der Waals surface area contributed by atoms with Crippen LogP contribution in [0.2, 0.25) is 0 Å². The van der Waals surface area contributed by atoms with E-state index in [0.717, 1.165) is 0 Å². The fourth-order valence-electron chi connectivity index (χ4n) is 0.400. The molecule has 0 unspecified atom stereocenters. The SMILES string of the molecule is CCOC(=O)C=CN(C)C.O=CC(F)F. The highest BCUT2D eigenvalue weighted by atomic mass is 19.3. The van der Waals surface area contributed by atoms with Gasteiger partial charge in [-0.3, -0.25) is 4.79 Å². The molecule has 0 spiro atoms. The molecule has 0 aliphatic rings. The predicted molar refractivity (Wildman–Crippen MR) is 51.5 cm³/mol. The van der Waals surface area contributed by atoms with Crippen LogP contribution in [0.15, 0.2) is 12.3 Å². The Morgan fingerprint density at radius 1 is 1.47 bits per heavy atom. The van der Waals surface area contributed by atoms with E-state index in [0.29, 0.717) is 6.61 Å². The van der Waals surface area contributed by atoms with Crippen molar-refractivity contribution < 1.29 is 23.1 Å². The van der Waals surface area contributed by atoms with Crippen molar-refractivity contribution in [3.8, 4) is 0 Å². The monoisotopic (exact) mass is 223 g/mol. The van der Waals surface area contributed by atoms with Crippen LogP contribution in [-0.2, 0) is 14.3 Å². The second-order valence-electron chi connectivity index (χ2n) is 2.50. The number of nitrogens with zero attached hydrogens (tertiary/aromatic N) is 1. The summed E-state index contributed by atoms with van der Waals surface area (Å²) in [5, 5.41) is 0. The molecule has 0 N–H and O–H groups in total. The molecule has 4 nitrogen and oxygen atoms in total. The molecule has 0 bridgehead atoms.